The summed E-state index contributed by atoms with van der Waals surface area (Å²) in [4.78, 5) is 19.0. The van der Waals surface area contributed by atoms with Crippen molar-refractivity contribution >= 4 is 17.5 Å². The number of aliphatic hydroxyl groups is 1. The fourth-order valence-corrected chi connectivity index (χ4v) is 3.90. The molecule has 1 aliphatic heterocycles. The molecular formula is C21H23ClN4O3. The number of aliphatic hydroxyl groups excluding tert-OH is 1. The summed E-state index contributed by atoms with van der Waals surface area (Å²) < 4.78 is 7.38. The van der Waals surface area contributed by atoms with Crippen LogP contribution in [0.2, 0.25) is 5.02 Å². The van der Waals surface area contributed by atoms with Crippen LogP contribution in [0.4, 0.5) is 0 Å². The van der Waals surface area contributed by atoms with Crippen LogP contribution >= 0.6 is 11.6 Å². The number of oxazole rings is 1. The Balaban J connectivity index is 1.33. The third-order valence-electron chi connectivity index (χ3n) is 5.30. The van der Waals surface area contributed by atoms with E-state index in [1.807, 2.05) is 27.8 Å². The molecule has 1 N–H and O–H groups in total. The number of halogens is 1. The second kappa shape index (κ2) is 8.80. The van der Waals surface area contributed by atoms with Gasteiger partial charge in [0.2, 0.25) is 11.8 Å². The molecule has 0 unspecified atom stereocenters. The van der Waals surface area contributed by atoms with Gasteiger partial charge in [-0.25, -0.2) is 4.98 Å². The van der Waals surface area contributed by atoms with Crippen molar-refractivity contribution in [3.63, 3.8) is 0 Å². The topological polar surface area (TPSA) is 84.4 Å². The van der Waals surface area contributed by atoms with E-state index in [2.05, 4.69) is 10.1 Å². The highest BCUT2D eigenvalue weighted by atomic mass is 35.5. The van der Waals surface area contributed by atoms with Crippen molar-refractivity contribution in [1.29, 1.82) is 0 Å². The minimum Gasteiger partial charge on any atom is -0.444 e. The SMILES string of the molecule is O=C(Cc1coc(-c2ccc(Cl)cc2)n1)N1CCC(c2ccnn2CCO)CC1. The maximum atomic E-state index is 12.7. The molecule has 0 saturated carbocycles. The van der Waals surface area contributed by atoms with Crippen LogP contribution in [0, 0.1) is 0 Å². The van der Waals surface area contributed by atoms with Crippen molar-refractivity contribution in [2.75, 3.05) is 19.7 Å². The molecule has 1 aromatic carbocycles. The lowest BCUT2D eigenvalue weighted by molar-refractivity contribution is -0.131. The van der Waals surface area contributed by atoms with Gasteiger partial charge >= 0.3 is 0 Å². The molecule has 1 fully saturated rings. The summed E-state index contributed by atoms with van der Waals surface area (Å²) in [6.45, 7) is 1.98. The quantitative estimate of drug-likeness (QED) is 0.669. The number of benzene rings is 1. The van der Waals surface area contributed by atoms with Gasteiger partial charge in [-0.15, -0.1) is 0 Å². The molecule has 1 aliphatic rings. The Hall–Kier alpha value is -2.64. The van der Waals surface area contributed by atoms with E-state index in [1.165, 1.54) is 0 Å². The van der Waals surface area contributed by atoms with E-state index in [0.717, 1.165) is 24.1 Å². The average Bonchev–Trinajstić information content (AvgIpc) is 3.39. The summed E-state index contributed by atoms with van der Waals surface area (Å²) in [6, 6.07) is 9.24. The second-order valence-corrected chi connectivity index (χ2v) is 7.62. The van der Waals surface area contributed by atoms with Gasteiger partial charge in [0.15, 0.2) is 0 Å². The Morgan fingerprint density at radius 1 is 1.21 bits per heavy atom. The first-order valence-corrected chi connectivity index (χ1v) is 10.1. The number of carbonyl (C=O) groups is 1. The van der Waals surface area contributed by atoms with Crippen LogP contribution in [0.3, 0.4) is 0 Å². The van der Waals surface area contributed by atoms with E-state index in [9.17, 15) is 4.79 Å². The van der Waals surface area contributed by atoms with Crippen LogP contribution in [0.1, 0.15) is 30.1 Å². The first kappa shape index (κ1) is 19.7. The zero-order chi connectivity index (χ0) is 20.2. The van der Waals surface area contributed by atoms with Crippen molar-refractivity contribution < 1.29 is 14.3 Å². The van der Waals surface area contributed by atoms with Crippen molar-refractivity contribution in [2.45, 2.75) is 31.7 Å². The fourth-order valence-electron chi connectivity index (χ4n) is 3.78. The molecule has 7 nitrogen and oxygen atoms in total. The summed E-state index contributed by atoms with van der Waals surface area (Å²) >= 11 is 5.91. The predicted molar refractivity (Wildman–Crippen MR) is 109 cm³/mol. The Morgan fingerprint density at radius 3 is 2.69 bits per heavy atom. The summed E-state index contributed by atoms with van der Waals surface area (Å²) in [5, 5.41) is 14.1. The smallest absolute Gasteiger partial charge is 0.228 e. The van der Waals surface area contributed by atoms with E-state index in [1.54, 1.807) is 24.6 Å². The van der Waals surface area contributed by atoms with Gasteiger partial charge in [0.05, 0.1) is 25.3 Å². The molecule has 8 heteroatoms. The lowest BCUT2D eigenvalue weighted by Gasteiger charge is -2.32. The molecular weight excluding hydrogens is 392 g/mol. The third-order valence-corrected chi connectivity index (χ3v) is 5.55. The fraction of sp³-hybridized carbons (Fsp3) is 0.381. The molecule has 0 spiro atoms. The second-order valence-electron chi connectivity index (χ2n) is 7.19. The summed E-state index contributed by atoms with van der Waals surface area (Å²) in [5.74, 6) is 0.903. The standard InChI is InChI=1S/C21H23ClN4O3/c22-17-3-1-16(2-4-17)21-24-18(14-29-21)13-20(28)25-9-6-15(7-10-25)19-5-8-23-26(19)11-12-27/h1-5,8,14-15,27H,6-7,9-13H2. The first-order valence-electron chi connectivity index (χ1n) is 9.74. The van der Waals surface area contributed by atoms with E-state index < -0.39 is 0 Å². The molecule has 0 radical (unpaired) electrons. The van der Waals surface area contributed by atoms with Gasteiger partial charge in [-0.1, -0.05) is 11.6 Å². The zero-order valence-electron chi connectivity index (χ0n) is 16.0. The largest absolute Gasteiger partial charge is 0.444 e. The van der Waals surface area contributed by atoms with Gasteiger partial charge < -0.3 is 14.4 Å². The van der Waals surface area contributed by atoms with Crippen LogP contribution in [-0.2, 0) is 17.8 Å². The normalized spacial score (nSPS) is 15.0. The molecule has 152 valence electrons. The Labute approximate surface area is 173 Å². The highest BCUT2D eigenvalue weighted by Gasteiger charge is 2.26. The predicted octanol–water partition coefficient (Wildman–Crippen LogP) is 3.13. The van der Waals surface area contributed by atoms with Crippen molar-refractivity contribution in [2.24, 2.45) is 0 Å². The monoisotopic (exact) mass is 414 g/mol. The van der Waals surface area contributed by atoms with E-state index in [0.29, 0.717) is 42.2 Å². The van der Waals surface area contributed by atoms with E-state index >= 15 is 0 Å². The van der Waals surface area contributed by atoms with Gasteiger partial charge in [0.25, 0.3) is 0 Å². The van der Waals surface area contributed by atoms with Crippen molar-refractivity contribution in [1.82, 2.24) is 19.7 Å². The minimum absolute atomic E-state index is 0.0586. The van der Waals surface area contributed by atoms with Crippen molar-refractivity contribution in [3.8, 4) is 11.5 Å². The van der Waals surface area contributed by atoms with Crippen LogP contribution in [0.25, 0.3) is 11.5 Å². The maximum Gasteiger partial charge on any atom is 0.228 e. The minimum atomic E-state index is 0.0586. The van der Waals surface area contributed by atoms with Crippen LogP contribution in [-0.4, -0.2) is 50.4 Å². The number of likely N-dealkylation sites (tertiary alicyclic amines) is 1. The zero-order valence-corrected chi connectivity index (χ0v) is 16.8. The lowest BCUT2D eigenvalue weighted by atomic mass is 9.93. The van der Waals surface area contributed by atoms with Gasteiger partial charge in [0, 0.05) is 41.5 Å². The number of nitrogens with zero attached hydrogens (tertiary/aromatic N) is 4. The molecule has 3 heterocycles. The van der Waals surface area contributed by atoms with Crippen molar-refractivity contribution in [3.05, 3.63) is 59.2 Å². The molecule has 1 saturated heterocycles. The number of amides is 1. The average molecular weight is 415 g/mol. The Morgan fingerprint density at radius 2 is 1.97 bits per heavy atom. The van der Waals surface area contributed by atoms with E-state index in [-0.39, 0.29) is 18.9 Å². The number of rotatable bonds is 6. The van der Waals surface area contributed by atoms with Crippen LogP contribution < -0.4 is 0 Å². The summed E-state index contributed by atoms with van der Waals surface area (Å²) in [5.41, 5.74) is 2.59. The van der Waals surface area contributed by atoms with Gasteiger partial charge in [0.1, 0.15) is 6.26 Å². The maximum absolute atomic E-state index is 12.7. The molecule has 0 atom stereocenters. The Bertz CT molecular complexity index is 958. The molecule has 0 aliphatic carbocycles. The molecule has 0 bridgehead atoms. The molecule has 1 amide bonds. The number of piperidine rings is 1. The highest BCUT2D eigenvalue weighted by Crippen LogP contribution is 2.28. The summed E-state index contributed by atoms with van der Waals surface area (Å²) in [7, 11) is 0. The summed E-state index contributed by atoms with van der Waals surface area (Å²) in [6.07, 6.45) is 5.31. The number of carbonyl (C=O) groups excluding carboxylic acids is 1. The lowest BCUT2D eigenvalue weighted by Crippen LogP contribution is -2.39. The van der Waals surface area contributed by atoms with E-state index in [4.69, 9.17) is 21.1 Å². The Kier molecular flexibility index (Phi) is 5.97. The molecule has 4 rings (SSSR count). The van der Waals surface area contributed by atoms with Gasteiger partial charge in [-0.2, -0.15) is 5.10 Å². The van der Waals surface area contributed by atoms with Crippen LogP contribution in [0.15, 0.2) is 47.2 Å². The number of hydrogen-bond acceptors (Lipinski definition) is 5. The first-order chi connectivity index (χ1) is 14.1. The highest BCUT2D eigenvalue weighted by molar-refractivity contribution is 6.30. The van der Waals surface area contributed by atoms with Gasteiger partial charge in [-0.05, 0) is 43.2 Å². The molecule has 29 heavy (non-hydrogen) atoms. The van der Waals surface area contributed by atoms with Crippen LogP contribution in [0.5, 0.6) is 0 Å². The number of hydrogen-bond donors (Lipinski definition) is 1. The third kappa shape index (κ3) is 4.52. The molecule has 2 aromatic heterocycles. The number of aromatic nitrogens is 3. The molecule has 3 aromatic rings. The van der Waals surface area contributed by atoms with Gasteiger partial charge in [-0.3, -0.25) is 9.48 Å².